The van der Waals surface area contributed by atoms with Gasteiger partial charge in [0.25, 0.3) is 0 Å². The van der Waals surface area contributed by atoms with Crippen molar-refractivity contribution in [3.63, 3.8) is 0 Å². The average molecular weight is 432 g/mol. The third-order valence-corrected chi connectivity index (χ3v) is 6.30. The van der Waals surface area contributed by atoms with Crippen LogP contribution in [0.2, 0.25) is 10.0 Å². The fourth-order valence-corrected chi connectivity index (χ4v) is 4.59. The van der Waals surface area contributed by atoms with Crippen LogP contribution in [-0.4, -0.2) is 17.8 Å². The Labute approximate surface area is 178 Å². The van der Waals surface area contributed by atoms with E-state index < -0.39 is 5.97 Å². The molecule has 2 aromatic rings. The van der Waals surface area contributed by atoms with Gasteiger partial charge >= 0.3 is 5.97 Å². The molecule has 1 heterocycles. The molecule has 0 unspecified atom stereocenters. The third kappa shape index (κ3) is 3.77. The van der Waals surface area contributed by atoms with Crippen LogP contribution in [0.3, 0.4) is 0 Å². The number of ether oxygens (including phenoxy) is 1. The van der Waals surface area contributed by atoms with Crippen LogP contribution in [0.25, 0.3) is 0 Å². The summed E-state index contributed by atoms with van der Waals surface area (Å²) in [7, 11) is 0. The highest BCUT2D eigenvalue weighted by Gasteiger charge is 2.48. The van der Waals surface area contributed by atoms with Gasteiger partial charge in [0.15, 0.2) is 0 Å². The van der Waals surface area contributed by atoms with E-state index in [4.69, 9.17) is 27.9 Å². The van der Waals surface area contributed by atoms with Gasteiger partial charge in [-0.25, -0.2) is 4.79 Å². The summed E-state index contributed by atoms with van der Waals surface area (Å²) in [5, 5.41) is 0.824. The second-order valence-corrected chi connectivity index (χ2v) is 8.15. The maximum atomic E-state index is 12.8. The first kappa shape index (κ1) is 19.9. The molecule has 2 fully saturated rings. The van der Waals surface area contributed by atoms with Gasteiger partial charge in [-0.1, -0.05) is 48.2 Å². The zero-order chi connectivity index (χ0) is 20.5. The number of anilines is 1. The van der Waals surface area contributed by atoms with E-state index in [1.54, 1.807) is 36.4 Å². The van der Waals surface area contributed by atoms with Gasteiger partial charge in [0, 0.05) is 15.6 Å². The molecule has 1 aliphatic heterocycles. The van der Waals surface area contributed by atoms with E-state index in [2.05, 4.69) is 0 Å². The number of imide groups is 1. The van der Waals surface area contributed by atoms with E-state index in [0.717, 1.165) is 25.7 Å². The Morgan fingerprint density at radius 3 is 2.17 bits per heavy atom. The summed E-state index contributed by atoms with van der Waals surface area (Å²) in [4.78, 5) is 39.3. The molecule has 1 saturated carbocycles. The summed E-state index contributed by atoms with van der Waals surface area (Å²) in [5.74, 6) is -1.41. The van der Waals surface area contributed by atoms with Gasteiger partial charge in [0.05, 0.1) is 23.1 Å². The zero-order valence-corrected chi connectivity index (χ0v) is 17.1. The van der Waals surface area contributed by atoms with Crippen LogP contribution >= 0.6 is 23.2 Å². The molecule has 29 heavy (non-hydrogen) atoms. The van der Waals surface area contributed by atoms with Crippen LogP contribution in [0.5, 0.6) is 0 Å². The van der Waals surface area contributed by atoms with Crippen molar-refractivity contribution in [3.05, 3.63) is 63.6 Å². The Kier molecular flexibility index (Phi) is 5.61. The molecule has 2 atom stereocenters. The second-order valence-electron chi connectivity index (χ2n) is 7.34. The lowest BCUT2D eigenvalue weighted by atomic mass is 9.81. The van der Waals surface area contributed by atoms with E-state index in [0.29, 0.717) is 21.3 Å². The number of benzene rings is 2. The Morgan fingerprint density at radius 1 is 0.966 bits per heavy atom. The van der Waals surface area contributed by atoms with Gasteiger partial charge in [0.1, 0.15) is 6.61 Å². The molecular formula is C22H19Cl2NO4. The smallest absolute Gasteiger partial charge is 0.338 e. The fraction of sp³-hybridized carbons (Fsp3) is 0.318. The molecule has 0 radical (unpaired) electrons. The Balaban J connectivity index is 1.52. The van der Waals surface area contributed by atoms with Crippen LogP contribution in [0.1, 0.15) is 41.6 Å². The van der Waals surface area contributed by atoms with E-state index >= 15 is 0 Å². The average Bonchev–Trinajstić information content (AvgIpc) is 2.98. The molecule has 0 spiro atoms. The zero-order valence-electron chi connectivity index (χ0n) is 15.6. The predicted molar refractivity (Wildman–Crippen MR) is 110 cm³/mol. The van der Waals surface area contributed by atoms with Gasteiger partial charge < -0.3 is 4.74 Å². The molecule has 150 valence electrons. The Morgan fingerprint density at radius 2 is 1.55 bits per heavy atom. The first-order valence-electron chi connectivity index (χ1n) is 9.55. The minimum absolute atomic E-state index is 0.0761. The third-order valence-electron chi connectivity index (χ3n) is 5.59. The summed E-state index contributed by atoms with van der Waals surface area (Å²) < 4.78 is 5.35. The molecule has 5 nitrogen and oxygen atoms in total. The number of nitrogens with zero attached hydrogens (tertiary/aromatic N) is 1. The topological polar surface area (TPSA) is 63.7 Å². The van der Waals surface area contributed by atoms with Crippen molar-refractivity contribution in [1.29, 1.82) is 0 Å². The van der Waals surface area contributed by atoms with Crippen molar-refractivity contribution in [2.24, 2.45) is 11.8 Å². The van der Waals surface area contributed by atoms with Crippen molar-refractivity contribution in [2.45, 2.75) is 32.3 Å². The molecule has 4 rings (SSSR count). The number of hydrogen-bond acceptors (Lipinski definition) is 4. The number of carbonyl (C=O) groups excluding carboxylic acids is 3. The highest BCUT2D eigenvalue weighted by Crippen LogP contribution is 2.40. The van der Waals surface area contributed by atoms with E-state index in [1.807, 2.05) is 0 Å². The van der Waals surface area contributed by atoms with Gasteiger partial charge in [0.2, 0.25) is 11.8 Å². The SMILES string of the molecule is O=C(OCc1c(Cl)cccc1Cl)c1cccc(N2C(=O)[C@H]3CCCC[C@H]3C2=O)c1. The molecule has 1 saturated heterocycles. The number of rotatable bonds is 4. The normalized spacial score (nSPS) is 21.2. The summed E-state index contributed by atoms with van der Waals surface area (Å²) in [6, 6.07) is 11.4. The molecule has 2 amide bonds. The maximum absolute atomic E-state index is 12.8. The number of fused-ring (bicyclic) bond motifs is 1. The number of hydrogen-bond donors (Lipinski definition) is 0. The van der Waals surface area contributed by atoms with E-state index in [1.165, 1.54) is 11.0 Å². The van der Waals surface area contributed by atoms with E-state index in [-0.39, 0.29) is 35.8 Å². The van der Waals surface area contributed by atoms with E-state index in [9.17, 15) is 14.4 Å². The second kappa shape index (κ2) is 8.17. The van der Waals surface area contributed by atoms with Crippen molar-refractivity contribution in [3.8, 4) is 0 Å². The highest BCUT2D eigenvalue weighted by atomic mass is 35.5. The minimum Gasteiger partial charge on any atom is -0.457 e. The van der Waals surface area contributed by atoms with Crippen LogP contribution < -0.4 is 4.90 Å². The lowest BCUT2D eigenvalue weighted by Gasteiger charge is -2.19. The van der Waals surface area contributed by atoms with Crippen molar-refractivity contribution < 1.29 is 19.1 Å². The molecule has 2 aliphatic rings. The molecule has 2 aromatic carbocycles. The van der Waals surface area contributed by atoms with Crippen molar-refractivity contribution >= 4 is 46.7 Å². The summed E-state index contributed by atoms with van der Waals surface area (Å²) >= 11 is 12.2. The Bertz CT molecular complexity index is 946. The first-order chi connectivity index (χ1) is 14.0. The molecule has 1 aliphatic carbocycles. The fourth-order valence-electron chi connectivity index (χ4n) is 4.08. The van der Waals surface area contributed by atoms with Crippen LogP contribution in [-0.2, 0) is 20.9 Å². The predicted octanol–water partition coefficient (Wildman–Crippen LogP) is 5.03. The van der Waals surface area contributed by atoms with Gasteiger partial charge in [-0.15, -0.1) is 0 Å². The standard InChI is InChI=1S/C22H19Cl2NO4/c23-18-9-4-10-19(24)17(18)12-29-22(28)13-5-3-6-14(11-13)25-20(26)15-7-1-2-8-16(15)21(25)27/h3-6,9-11,15-16H,1-2,7-8,12H2/t15-,16+. The molecule has 0 N–H and O–H groups in total. The molecule has 7 heteroatoms. The largest absolute Gasteiger partial charge is 0.457 e. The highest BCUT2D eigenvalue weighted by molar-refractivity contribution is 6.36. The summed E-state index contributed by atoms with van der Waals surface area (Å²) in [6.07, 6.45) is 3.41. The number of amides is 2. The van der Waals surface area contributed by atoms with Crippen LogP contribution in [0, 0.1) is 11.8 Å². The lowest BCUT2D eigenvalue weighted by molar-refractivity contribution is -0.122. The van der Waals surface area contributed by atoms with Crippen LogP contribution in [0.15, 0.2) is 42.5 Å². The van der Waals surface area contributed by atoms with Gasteiger partial charge in [-0.3, -0.25) is 14.5 Å². The quantitative estimate of drug-likeness (QED) is 0.502. The summed E-state index contributed by atoms with van der Waals surface area (Å²) in [5.41, 5.74) is 1.18. The molecule has 0 aromatic heterocycles. The maximum Gasteiger partial charge on any atom is 0.338 e. The van der Waals surface area contributed by atoms with Gasteiger partial charge in [-0.2, -0.15) is 0 Å². The summed E-state index contributed by atoms with van der Waals surface area (Å²) in [6.45, 7) is -0.0761. The minimum atomic E-state index is -0.584. The molecular weight excluding hydrogens is 413 g/mol. The van der Waals surface area contributed by atoms with Crippen molar-refractivity contribution in [2.75, 3.05) is 4.90 Å². The van der Waals surface area contributed by atoms with Gasteiger partial charge in [-0.05, 0) is 43.2 Å². The first-order valence-corrected chi connectivity index (χ1v) is 10.3. The number of halogens is 2. The monoisotopic (exact) mass is 431 g/mol. The van der Waals surface area contributed by atoms with Crippen molar-refractivity contribution in [1.82, 2.24) is 0 Å². The number of esters is 1. The van der Waals surface area contributed by atoms with Crippen LogP contribution in [0.4, 0.5) is 5.69 Å². The Hall–Kier alpha value is -2.37. The lowest BCUT2D eigenvalue weighted by Crippen LogP contribution is -2.31. The molecule has 0 bridgehead atoms. The number of carbonyl (C=O) groups is 3.